The third-order valence-electron chi connectivity index (χ3n) is 1.83. The number of benzene rings is 1. The largest absolute Gasteiger partial charge is 0.508 e. The molecule has 0 bridgehead atoms. The normalized spacial score (nSPS) is 9.12. The van der Waals surface area contributed by atoms with Crippen LogP contribution in [-0.2, 0) is 16.1 Å². The van der Waals surface area contributed by atoms with Crippen LogP contribution in [-0.4, -0.2) is 22.8 Å². The molecule has 0 atom stereocenters. The Labute approximate surface area is 93.5 Å². The van der Waals surface area contributed by atoms with Crippen molar-refractivity contribution >= 4 is 5.97 Å². The minimum atomic E-state index is -0.596. The molecule has 0 saturated heterocycles. The average Bonchev–Trinajstić information content (AvgIpc) is 2.28. The summed E-state index contributed by atoms with van der Waals surface area (Å²) in [5, 5.41) is 18.2. The number of aliphatic hydroxyl groups is 1. The summed E-state index contributed by atoms with van der Waals surface area (Å²) in [5.41, 5.74) is 0.908. The molecule has 0 saturated carbocycles. The van der Waals surface area contributed by atoms with Crippen LogP contribution in [0.5, 0.6) is 5.75 Å². The number of hydrogen-bond acceptors (Lipinski definition) is 4. The van der Waals surface area contributed by atoms with Crippen LogP contribution in [0.2, 0.25) is 0 Å². The molecule has 84 valence electrons. The highest BCUT2D eigenvalue weighted by molar-refractivity contribution is 5.89. The summed E-state index contributed by atoms with van der Waals surface area (Å²) in [6, 6.07) is 4.49. The maximum absolute atomic E-state index is 10.9. The summed E-state index contributed by atoms with van der Waals surface area (Å²) in [6.07, 6.45) is 0. The first-order valence-corrected chi connectivity index (χ1v) is 4.79. The molecule has 1 aromatic rings. The molecule has 0 heterocycles. The molecular weight excluding hydrogens is 208 g/mol. The monoisotopic (exact) mass is 220 g/mol. The van der Waals surface area contributed by atoms with Crippen LogP contribution < -0.4 is 0 Å². The minimum Gasteiger partial charge on any atom is -0.508 e. The number of aliphatic hydroxyl groups excluding tert-OH is 1. The Hall–Kier alpha value is -1.99. The van der Waals surface area contributed by atoms with Gasteiger partial charge in [-0.3, -0.25) is 0 Å². The molecule has 0 aliphatic carbocycles. The molecule has 16 heavy (non-hydrogen) atoms. The van der Waals surface area contributed by atoms with E-state index in [1.807, 2.05) is 0 Å². The number of carbonyl (C=O) groups is 1. The second kappa shape index (κ2) is 5.79. The summed E-state index contributed by atoms with van der Waals surface area (Å²) in [6.45, 7) is 1.70. The van der Waals surface area contributed by atoms with Crippen molar-refractivity contribution in [3.05, 3.63) is 29.3 Å². The van der Waals surface area contributed by atoms with Crippen molar-refractivity contribution < 1.29 is 19.7 Å². The van der Waals surface area contributed by atoms with Gasteiger partial charge in [-0.25, -0.2) is 4.79 Å². The molecule has 1 aromatic carbocycles. The number of aromatic hydroxyl groups is 1. The fraction of sp³-hybridized carbons (Fsp3) is 0.250. The van der Waals surface area contributed by atoms with Crippen molar-refractivity contribution in [3.63, 3.8) is 0 Å². The number of esters is 1. The highest BCUT2D eigenvalue weighted by Crippen LogP contribution is 2.17. The first kappa shape index (κ1) is 12.1. The van der Waals surface area contributed by atoms with E-state index in [1.54, 1.807) is 13.0 Å². The van der Waals surface area contributed by atoms with Gasteiger partial charge in [0.1, 0.15) is 5.75 Å². The summed E-state index contributed by atoms with van der Waals surface area (Å²) in [7, 11) is 0. The van der Waals surface area contributed by atoms with Crippen molar-refractivity contribution in [1.82, 2.24) is 0 Å². The zero-order valence-corrected chi connectivity index (χ0v) is 8.86. The Morgan fingerprint density at radius 2 is 2.25 bits per heavy atom. The molecule has 0 radical (unpaired) electrons. The number of ether oxygens (including phenoxy) is 1. The third kappa shape index (κ3) is 3.30. The van der Waals surface area contributed by atoms with Gasteiger partial charge in [0.25, 0.3) is 0 Å². The molecule has 0 unspecified atom stereocenters. The average molecular weight is 220 g/mol. The van der Waals surface area contributed by atoms with Gasteiger partial charge in [0, 0.05) is 17.0 Å². The lowest BCUT2D eigenvalue weighted by molar-refractivity contribution is -0.136. The van der Waals surface area contributed by atoms with Crippen LogP contribution in [0.3, 0.4) is 0 Å². The van der Waals surface area contributed by atoms with Crippen LogP contribution >= 0.6 is 0 Å². The predicted molar refractivity (Wildman–Crippen MR) is 57.5 cm³/mol. The zero-order valence-electron chi connectivity index (χ0n) is 8.86. The van der Waals surface area contributed by atoms with E-state index in [0.29, 0.717) is 11.1 Å². The van der Waals surface area contributed by atoms with Gasteiger partial charge in [-0.15, -0.1) is 0 Å². The Morgan fingerprint density at radius 1 is 1.50 bits per heavy atom. The molecule has 0 aliphatic rings. The maximum Gasteiger partial charge on any atom is 0.384 e. The molecule has 0 fully saturated rings. The zero-order chi connectivity index (χ0) is 12.0. The highest BCUT2D eigenvalue weighted by atomic mass is 16.5. The van der Waals surface area contributed by atoms with Gasteiger partial charge >= 0.3 is 5.97 Å². The second-order valence-corrected chi connectivity index (χ2v) is 2.97. The summed E-state index contributed by atoms with van der Waals surface area (Å²) >= 11 is 0. The Morgan fingerprint density at radius 3 is 2.88 bits per heavy atom. The van der Waals surface area contributed by atoms with Crippen molar-refractivity contribution in [3.8, 4) is 17.6 Å². The van der Waals surface area contributed by atoms with Gasteiger partial charge in [-0.1, -0.05) is 5.92 Å². The summed E-state index contributed by atoms with van der Waals surface area (Å²) in [4.78, 5) is 10.9. The van der Waals surface area contributed by atoms with Crippen molar-refractivity contribution in [2.24, 2.45) is 0 Å². The van der Waals surface area contributed by atoms with Crippen molar-refractivity contribution in [2.45, 2.75) is 13.5 Å². The molecule has 4 nitrogen and oxygen atoms in total. The van der Waals surface area contributed by atoms with Crippen LogP contribution in [0, 0.1) is 11.8 Å². The quantitative estimate of drug-likeness (QED) is 0.571. The molecule has 0 aliphatic heterocycles. The summed E-state index contributed by atoms with van der Waals surface area (Å²) < 4.78 is 4.63. The number of phenols is 1. The minimum absolute atomic E-state index is 0.00387. The van der Waals surface area contributed by atoms with Crippen molar-refractivity contribution in [1.29, 1.82) is 0 Å². The molecule has 4 heteroatoms. The van der Waals surface area contributed by atoms with Gasteiger partial charge < -0.3 is 14.9 Å². The highest BCUT2D eigenvalue weighted by Gasteiger charge is 2.00. The van der Waals surface area contributed by atoms with Crippen molar-refractivity contribution in [2.75, 3.05) is 6.61 Å². The molecule has 0 amide bonds. The van der Waals surface area contributed by atoms with Crippen LogP contribution in [0.1, 0.15) is 18.1 Å². The van der Waals surface area contributed by atoms with Crippen LogP contribution in [0.15, 0.2) is 18.2 Å². The second-order valence-electron chi connectivity index (χ2n) is 2.97. The van der Waals surface area contributed by atoms with E-state index < -0.39 is 5.97 Å². The summed E-state index contributed by atoms with van der Waals surface area (Å²) in [5.74, 6) is 4.29. The molecule has 2 N–H and O–H groups in total. The Balaban J connectivity index is 2.85. The molecule has 0 spiro atoms. The third-order valence-corrected chi connectivity index (χ3v) is 1.83. The smallest absolute Gasteiger partial charge is 0.384 e. The lowest BCUT2D eigenvalue weighted by Gasteiger charge is -2.00. The van der Waals surface area contributed by atoms with E-state index >= 15 is 0 Å². The SMILES string of the molecule is CCOC(=O)C#Cc1ccc(O)c(CO)c1. The van der Waals surface area contributed by atoms with E-state index in [1.165, 1.54) is 12.1 Å². The van der Waals surface area contributed by atoms with Gasteiger partial charge in [0.05, 0.1) is 13.2 Å². The molecule has 0 aromatic heterocycles. The van der Waals surface area contributed by atoms with Gasteiger partial charge in [0.2, 0.25) is 0 Å². The first-order chi connectivity index (χ1) is 7.67. The topological polar surface area (TPSA) is 66.8 Å². The lowest BCUT2D eigenvalue weighted by Crippen LogP contribution is -1.99. The predicted octanol–water partition coefficient (Wildman–Crippen LogP) is 0.799. The van der Waals surface area contributed by atoms with E-state index in [0.717, 1.165) is 0 Å². The fourth-order valence-corrected chi connectivity index (χ4v) is 1.08. The molecule has 1 rings (SSSR count). The van der Waals surface area contributed by atoms with Crippen LogP contribution in [0.4, 0.5) is 0 Å². The van der Waals surface area contributed by atoms with Gasteiger partial charge in [-0.05, 0) is 25.1 Å². The first-order valence-electron chi connectivity index (χ1n) is 4.79. The van der Waals surface area contributed by atoms with E-state index in [9.17, 15) is 9.90 Å². The van der Waals surface area contributed by atoms with E-state index in [4.69, 9.17) is 5.11 Å². The number of hydrogen-bond donors (Lipinski definition) is 2. The van der Waals surface area contributed by atoms with Crippen LogP contribution in [0.25, 0.3) is 0 Å². The molecular formula is C12H12O4. The number of rotatable bonds is 2. The van der Waals surface area contributed by atoms with Gasteiger partial charge in [0.15, 0.2) is 0 Å². The maximum atomic E-state index is 10.9. The Kier molecular flexibility index (Phi) is 4.37. The van der Waals surface area contributed by atoms with E-state index in [2.05, 4.69) is 16.6 Å². The Bertz CT molecular complexity index is 440. The lowest BCUT2D eigenvalue weighted by atomic mass is 10.1. The number of carbonyl (C=O) groups excluding carboxylic acids is 1. The standard InChI is InChI=1S/C12H12O4/c1-2-16-12(15)6-4-9-3-5-11(14)10(7-9)8-13/h3,5,7,13-14H,2,8H2,1H3. The van der Waals surface area contributed by atoms with Gasteiger partial charge in [-0.2, -0.15) is 0 Å². The fourth-order valence-electron chi connectivity index (χ4n) is 1.08. The van der Waals surface area contributed by atoms with E-state index in [-0.39, 0.29) is 19.0 Å².